The number of nitrogens with two attached hydrogens (primary N) is 1. The first-order valence-electron chi connectivity index (χ1n) is 7.29. The summed E-state index contributed by atoms with van der Waals surface area (Å²) in [6.45, 7) is 3.04. The van der Waals surface area contributed by atoms with Crippen LogP contribution in [0.1, 0.15) is 31.2 Å². The normalized spacial score (nSPS) is 23.7. The molecule has 1 aromatic rings. The molecule has 0 aliphatic heterocycles. The molecule has 1 aliphatic rings. The SMILES string of the molecule is Cc1cccc(S(=O)(=O)NCC2CCCCC2CN)c1. The van der Waals surface area contributed by atoms with Crippen molar-refractivity contribution in [2.24, 2.45) is 17.6 Å². The predicted octanol–water partition coefficient (Wildman–Crippen LogP) is 2.04. The van der Waals surface area contributed by atoms with Crippen molar-refractivity contribution in [2.75, 3.05) is 13.1 Å². The van der Waals surface area contributed by atoms with Gasteiger partial charge in [0.2, 0.25) is 10.0 Å². The largest absolute Gasteiger partial charge is 0.330 e. The van der Waals surface area contributed by atoms with E-state index in [4.69, 9.17) is 5.73 Å². The first kappa shape index (κ1) is 15.5. The first-order chi connectivity index (χ1) is 9.53. The Morgan fingerprint density at radius 3 is 2.60 bits per heavy atom. The van der Waals surface area contributed by atoms with Crippen LogP contribution in [0.15, 0.2) is 29.2 Å². The van der Waals surface area contributed by atoms with E-state index in [-0.39, 0.29) is 0 Å². The van der Waals surface area contributed by atoms with Gasteiger partial charge in [0, 0.05) is 6.54 Å². The second-order valence-corrected chi connectivity index (χ2v) is 7.48. The number of nitrogens with one attached hydrogen (secondary N) is 1. The molecule has 1 fully saturated rings. The number of aryl methyl sites for hydroxylation is 1. The summed E-state index contributed by atoms with van der Waals surface area (Å²) >= 11 is 0. The molecular formula is C15H24N2O2S. The summed E-state index contributed by atoms with van der Waals surface area (Å²) in [6.07, 6.45) is 4.57. The first-order valence-corrected chi connectivity index (χ1v) is 8.77. The Morgan fingerprint density at radius 1 is 1.25 bits per heavy atom. The maximum atomic E-state index is 12.3. The van der Waals surface area contributed by atoms with Gasteiger partial charge < -0.3 is 5.73 Å². The van der Waals surface area contributed by atoms with Gasteiger partial charge in [-0.2, -0.15) is 0 Å². The van der Waals surface area contributed by atoms with E-state index in [1.165, 1.54) is 12.8 Å². The summed E-state index contributed by atoms with van der Waals surface area (Å²) in [5.41, 5.74) is 6.74. The van der Waals surface area contributed by atoms with E-state index in [2.05, 4.69) is 4.72 Å². The van der Waals surface area contributed by atoms with E-state index >= 15 is 0 Å². The molecule has 3 N–H and O–H groups in total. The topological polar surface area (TPSA) is 72.2 Å². The van der Waals surface area contributed by atoms with Crippen LogP contribution in [-0.4, -0.2) is 21.5 Å². The number of hydrogen-bond donors (Lipinski definition) is 2. The molecule has 112 valence electrons. The molecular weight excluding hydrogens is 272 g/mol. The zero-order valence-electron chi connectivity index (χ0n) is 12.0. The van der Waals surface area contributed by atoms with Crippen LogP contribution in [0.5, 0.6) is 0 Å². The quantitative estimate of drug-likeness (QED) is 0.873. The van der Waals surface area contributed by atoms with Gasteiger partial charge in [-0.05, 0) is 55.8 Å². The van der Waals surface area contributed by atoms with Crippen LogP contribution in [-0.2, 0) is 10.0 Å². The molecule has 0 spiro atoms. The molecule has 0 saturated heterocycles. The van der Waals surface area contributed by atoms with E-state index in [9.17, 15) is 8.42 Å². The van der Waals surface area contributed by atoms with Crippen molar-refractivity contribution in [2.45, 2.75) is 37.5 Å². The van der Waals surface area contributed by atoms with Crippen LogP contribution >= 0.6 is 0 Å². The number of rotatable bonds is 5. The molecule has 0 heterocycles. The molecule has 2 atom stereocenters. The monoisotopic (exact) mass is 296 g/mol. The van der Waals surface area contributed by atoms with Crippen LogP contribution < -0.4 is 10.5 Å². The number of sulfonamides is 1. The van der Waals surface area contributed by atoms with Crippen molar-refractivity contribution >= 4 is 10.0 Å². The summed E-state index contributed by atoms with van der Waals surface area (Å²) < 4.78 is 27.3. The third-order valence-electron chi connectivity index (χ3n) is 4.20. The third-order valence-corrected chi connectivity index (χ3v) is 5.63. The van der Waals surface area contributed by atoms with Gasteiger partial charge in [0.05, 0.1) is 4.90 Å². The predicted molar refractivity (Wildman–Crippen MR) is 80.9 cm³/mol. The van der Waals surface area contributed by atoms with Gasteiger partial charge in [-0.1, -0.05) is 25.0 Å². The lowest BCUT2D eigenvalue weighted by Crippen LogP contribution is -2.36. The summed E-state index contributed by atoms with van der Waals surface area (Å²) in [5, 5.41) is 0. The molecule has 0 aromatic heterocycles. The van der Waals surface area contributed by atoms with Crippen molar-refractivity contribution in [3.05, 3.63) is 29.8 Å². The zero-order chi connectivity index (χ0) is 14.6. The van der Waals surface area contributed by atoms with Gasteiger partial charge in [0.1, 0.15) is 0 Å². The smallest absolute Gasteiger partial charge is 0.240 e. The van der Waals surface area contributed by atoms with Crippen molar-refractivity contribution < 1.29 is 8.42 Å². The van der Waals surface area contributed by atoms with Crippen LogP contribution in [0, 0.1) is 18.8 Å². The summed E-state index contributed by atoms with van der Waals surface area (Å²) in [7, 11) is -3.40. The molecule has 0 bridgehead atoms. The highest BCUT2D eigenvalue weighted by molar-refractivity contribution is 7.89. The van der Waals surface area contributed by atoms with E-state index in [0.29, 0.717) is 29.8 Å². The molecule has 0 amide bonds. The van der Waals surface area contributed by atoms with E-state index in [1.807, 2.05) is 13.0 Å². The third kappa shape index (κ3) is 3.81. The van der Waals surface area contributed by atoms with Gasteiger partial charge in [0.25, 0.3) is 0 Å². The van der Waals surface area contributed by atoms with Crippen LogP contribution in [0.4, 0.5) is 0 Å². The van der Waals surface area contributed by atoms with Gasteiger partial charge in [-0.3, -0.25) is 0 Å². The highest BCUT2D eigenvalue weighted by atomic mass is 32.2. The minimum atomic E-state index is -3.40. The maximum Gasteiger partial charge on any atom is 0.240 e. The van der Waals surface area contributed by atoms with Crippen molar-refractivity contribution in [3.63, 3.8) is 0 Å². The van der Waals surface area contributed by atoms with Crippen molar-refractivity contribution in [1.82, 2.24) is 4.72 Å². The summed E-state index contributed by atoms with van der Waals surface area (Å²) in [5.74, 6) is 0.817. The molecule has 20 heavy (non-hydrogen) atoms. The highest BCUT2D eigenvalue weighted by Gasteiger charge is 2.25. The maximum absolute atomic E-state index is 12.3. The minimum absolute atomic E-state index is 0.345. The Labute approximate surface area is 121 Å². The molecule has 5 heteroatoms. The average Bonchev–Trinajstić information content (AvgIpc) is 2.45. The number of hydrogen-bond acceptors (Lipinski definition) is 3. The Bertz CT molecular complexity index is 543. The van der Waals surface area contributed by atoms with E-state index < -0.39 is 10.0 Å². The fourth-order valence-corrected chi connectivity index (χ4v) is 4.14. The molecule has 0 radical (unpaired) electrons. The second kappa shape index (κ2) is 6.70. The van der Waals surface area contributed by atoms with Gasteiger partial charge in [-0.25, -0.2) is 13.1 Å². The fraction of sp³-hybridized carbons (Fsp3) is 0.600. The van der Waals surface area contributed by atoms with E-state index in [1.54, 1.807) is 18.2 Å². The molecule has 4 nitrogen and oxygen atoms in total. The summed E-state index contributed by atoms with van der Waals surface area (Å²) in [4.78, 5) is 0.345. The van der Waals surface area contributed by atoms with E-state index in [0.717, 1.165) is 18.4 Å². The van der Waals surface area contributed by atoms with Crippen LogP contribution in [0.25, 0.3) is 0 Å². The molecule has 2 rings (SSSR count). The minimum Gasteiger partial charge on any atom is -0.330 e. The molecule has 1 aromatic carbocycles. The van der Waals surface area contributed by atoms with Crippen LogP contribution in [0.3, 0.4) is 0 Å². The van der Waals surface area contributed by atoms with Crippen LogP contribution in [0.2, 0.25) is 0 Å². The van der Waals surface area contributed by atoms with Gasteiger partial charge in [-0.15, -0.1) is 0 Å². The highest BCUT2D eigenvalue weighted by Crippen LogP contribution is 2.29. The van der Waals surface area contributed by atoms with Crippen molar-refractivity contribution in [1.29, 1.82) is 0 Å². The second-order valence-electron chi connectivity index (χ2n) is 5.71. The molecule has 1 aliphatic carbocycles. The van der Waals surface area contributed by atoms with Crippen molar-refractivity contribution in [3.8, 4) is 0 Å². The fourth-order valence-electron chi connectivity index (χ4n) is 2.95. The number of benzene rings is 1. The lowest BCUT2D eigenvalue weighted by molar-refractivity contribution is 0.244. The zero-order valence-corrected chi connectivity index (χ0v) is 12.8. The van der Waals surface area contributed by atoms with Gasteiger partial charge in [0.15, 0.2) is 0 Å². The average molecular weight is 296 g/mol. The lowest BCUT2D eigenvalue weighted by atomic mass is 9.79. The molecule has 1 saturated carbocycles. The van der Waals surface area contributed by atoms with Gasteiger partial charge >= 0.3 is 0 Å². The summed E-state index contributed by atoms with van der Waals surface area (Å²) in [6, 6.07) is 7.00. The lowest BCUT2D eigenvalue weighted by Gasteiger charge is -2.30. The Hall–Kier alpha value is -0.910. The molecule has 2 unspecified atom stereocenters. The Balaban J connectivity index is 2.02. The Morgan fingerprint density at radius 2 is 1.95 bits per heavy atom. The Kier molecular flexibility index (Phi) is 5.18. The standard InChI is InChI=1S/C15H24N2O2S/c1-12-5-4-8-15(9-12)20(18,19)17-11-14-7-3-2-6-13(14)10-16/h4-5,8-9,13-14,17H,2-3,6-7,10-11,16H2,1H3.